The fraction of sp³-hybridized carbons (Fsp3) is 0.278. The molecule has 2 amide bonds. The first kappa shape index (κ1) is 17.6. The number of carbonyl (C=O) groups is 2. The van der Waals surface area contributed by atoms with Gasteiger partial charge in [0.2, 0.25) is 0 Å². The van der Waals surface area contributed by atoms with Gasteiger partial charge in [0.1, 0.15) is 6.10 Å². The molecule has 3 rings (SSSR count). The van der Waals surface area contributed by atoms with Crippen LogP contribution in [0.1, 0.15) is 12.0 Å². The fourth-order valence-corrected chi connectivity index (χ4v) is 3.11. The highest BCUT2D eigenvalue weighted by atomic mass is 35.5. The summed E-state index contributed by atoms with van der Waals surface area (Å²) in [5.74, 6) is -0.297. The molecule has 25 heavy (non-hydrogen) atoms. The maximum Gasteiger partial charge on any atom is 0.410 e. The van der Waals surface area contributed by atoms with Crippen LogP contribution in [0, 0.1) is 0 Å². The molecule has 1 saturated heterocycles. The van der Waals surface area contributed by atoms with Crippen LogP contribution >= 0.6 is 23.8 Å². The Bertz CT molecular complexity index is 761. The lowest BCUT2D eigenvalue weighted by Gasteiger charge is -2.15. The molecule has 1 heterocycles. The minimum absolute atomic E-state index is 0.233. The number of hydrogen-bond donors (Lipinski definition) is 1. The topological polar surface area (TPSA) is 58.6 Å². The maximum atomic E-state index is 12.3. The Balaban J connectivity index is 1.53. The van der Waals surface area contributed by atoms with Gasteiger partial charge >= 0.3 is 6.09 Å². The second kappa shape index (κ2) is 7.80. The van der Waals surface area contributed by atoms with E-state index in [-0.39, 0.29) is 24.6 Å². The number of benzene rings is 1. The predicted molar refractivity (Wildman–Crippen MR) is 99.4 cm³/mol. The standard InChI is InChI=1S/C18H17ClN2O3S/c19-13-6-7-16(25)15(8-13)17(22)20-9-14-11-21(18(23)24-14)10-12-4-2-1-3-5-12/h1-6,8,14H,7,9-11H2,(H,20,22). The van der Waals surface area contributed by atoms with E-state index in [0.717, 1.165) is 5.56 Å². The molecular weight excluding hydrogens is 360 g/mol. The molecule has 130 valence electrons. The summed E-state index contributed by atoms with van der Waals surface area (Å²) in [7, 11) is 0. The Morgan fingerprint density at radius 2 is 2.12 bits per heavy atom. The molecule has 1 unspecified atom stereocenters. The van der Waals surface area contributed by atoms with Crippen molar-refractivity contribution in [3.8, 4) is 0 Å². The lowest BCUT2D eigenvalue weighted by Crippen LogP contribution is -2.36. The van der Waals surface area contributed by atoms with Crippen LogP contribution in [0.15, 0.2) is 53.1 Å². The molecular formula is C18H17ClN2O3S. The molecule has 1 N–H and O–H groups in total. The van der Waals surface area contributed by atoms with Crippen molar-refractivity contribution >= 4 is 40.7 Å². The van der Waals surface area contributed by atoms with Gasteiger partial charge in [-0.05, 0) is 11.6 Å². The van der Waals surface area contributed by atoms with Gasteiger partial charge in [0.15, 0.2) is 0 Å². The zero-order valence-electron chi connectivity index (χ0n) is 13.4. The first-order valence-electron chi connectivity index (χ1n) is 7.91. The van der Waals surface area contributed by atoms with Gasteiger partial charge in [0, 0.05) is 22.9 Å². The van der Waals surface area contributed by atoms with E-state index in [4.69, 9.17) is 28.6 Å². The van der Waals surface area contributed by atoms with Crippen molar-refractivity contribution in [3.05, 3.63) is 58.7 Å². The van der Waals surface area contributed by atoms with Gasteiger partial charge in [-0.1, -0.05) is 60.2 Å². The number of carbonyl (C=O) groups excluding carboxylic acids is 2. The second-order valence-electron chi connectivity index (χ2n) is 5.86. The number of ether oxygens (including phenoxy) is 1. The molecule has 0 aromatic heterocycles. The molecule has 0 saturated carbocycles. The van der Waals surface area contributed by atoms with Crippen LogP contribution in [0.3, 0.4) is 0 Å². The van der Waals surface area contributed by atoms with Crippen molar-refractivity contribution in [2.45, 2.75) is 19.1 Å². The van der Waals surface area contributed by atoms with E-state index in [1.807, 2.05) is 30.3 Å². The summed E-state index contributed by atoms with van der Waals surface area (Å²) in [6, 6.07) is 9.69. The highest BCUT2D eigenvalue weighted by Crippen LogP contribution is 2.19. The Morgan fingerprint density at radius 3 is 2.88 bits per heavy atom. The second-order valence-corrected chi connectivity index (χ2v) is 6.79. The zero-order valence-corrected chi connectivity index (χ0v) is 15.0. The summed E-state index contributed by atoms with van der Waals surface area (Å²) in [6.45, 7) is 1.15. The Hall–Kier alpha value is -2.18. The summed E-state index contributed by atoms with van der Waals surface area (Å²) in [6.07, 6.45) is 3.05. The number of rotatable bonds is 5. The van der Waals surface area contributed by atoms with Crippen LogP contribution in [0.4, 0.5) is 4.79 Å². The zero-order chi connectivity index (χ0) is 17.8. The SMILES string of the molecule is O=C(NCC1CN(Cc2ccccc2)C(=O)O1)C1=CC(Cl)=CCC1=S. The molecule has 1 aromatic carbocycles. The third-order valence-corrected chi connectivity index (χ3v) is 4.62. The molecule has 1 atom stereocenters. The summed E-state index contributed by atoms with van der Waals surface area (Å²) >= 11 is 11.1. The van der Waals surface area contributed by atoms with E-state index in [1.54, 1.807) is 17.1 Å². The van der Waals surface area contributed by atoms with E-state index >= 15 is 0 Å². The van der Waals surface area contributed by atoms with Crippen molar-refractivity contribution in [3.63, 3.8) is 0 Å². The smallest absolute Gasteiger partial charge is 0.410 e. The van der Waals surface area contributed by atoms with Crippen molar-refractivity contribution in [2.24, 2.45) is 0 Å². The van der Waals surface area contributed by atoms with Crippen LogP contribution < -0.4 is 5.32 Å². The molecule has 0 radical (unpaired) electrons. The van der Waals surface area contributed by atoms with Crippen LogP contribution in [0.25, 0.3) is 0 Å². The van der Waals surface area contributed by atoms with Gasteiger partial charge in [0.05, 0.1) is 18.7 Å². The minimum Gasteiger partial charge on any atom is -0.442 e. The first-order chi connectivity index (χ1) is 12.0. The third kappa shape index (κ3) is 4.46. The molecule has 0 spiro atoms. The number of allylic oxidation sites excluding steroid dienone is 3. The largest absolute Gasteiger partial charge is 0.442 e. The predicted octanol–water partition coefficient (Wildman–Crippen LogP) is 2.95. The quantitative estimate of drug-likeness (QED) is 0.803. The highest BCUT2D eigenvalue weighted by Gasteiger charge is 2.31. The maximum absolute atomic E-state index is 12.3. The molecule has 2 aliphatic rings. The van der Waals surface area contributed by atoms with E-state index in [9.17, 15) is 9.59 Å². The van der Waals surface area contributed by atoms with Gasteiger partial charge in [-0.2, -0.15) is 0 Å². The van der Waals surface area contributed by atoms with Crippen LogP contribution in [0.5, 0.6) is 0 Å². The number of thiocarbonyl (C=S) groups is 1. The van der Waals surface area contributed by atoms with Crippen molar-refractivity contribution in [1.82, 2.24) is 10.2 Å². The summed E-state index contributed by atoms with van der Waals surface area (Å²) in [5, 5.41) is 3.27. The van der Waals surface area contributed by atoms with Gasteiger partial charge in [0.25, 0.3) is 5.91 Å². The van der Waals surface area contributed by atoms with E-state index in [2.05, 4.69) is 5.32 Å². The number of hydrogen-bond acceptors (Lipinski definition) is 4. The highest BCUT2D eigenvalue weighted by molar-refractivity contribution is 7.81. The van der Waals surface area contributed by atoms with Crippen molar-refractivity contribution in [2.75, 3.05) is 13.1 Å². The first-order valence-corrected chi connectivity index (χ1v) is 8.70. The molecule has 7 heteroatoms. The van der Waals surface area contributed by atoms with Gasteiger partial charge < -0.3 is 15.0 Å². The molecule has 5 nitrogen and oxygen atoms in total. The average Bonchev–Trinajstić information content (AvgIpc) is 2.95. The Labute approximate surface area is 156 Å². The number of nitrogens with zero attached hydrogens (tertiary/aromatic N) is 1. The molecule has 1 aromatic rings. The molecule has 1 aliphatic carbocycles. The van der Waals surface area contributed by atoms with E-state index in [1.165, 1.54) is 0 Å². The summed E-state index contributed by atoms with van der Waals surface area (Å²) in [5.41, 5.74) is 1.43. The lowest BCUT2D eigenvalue weighted by atomic mass is 10.0. The average molecular weight is 377 g/mol. The third-order valence-electron chi connectivity index (χ3n) is 3.97. The number of amides is 2. The number of halogens is 1. The number of nitrogens with one attached hydrogen (secondary N) is 1. The van der Waals surface area contributed by atoms with Crippen molar-refractivity contribution < 1.29 is 14.3 Å². The van der Waals surface area contributed by atoms with Gasteiger partial charge in [-0.25, -0.2) is 4.79 Å². The summed E-state index contributed by atoms with van der Waals surface area (Å²) < 4.78 is 5.31. The lowest BCUT2D eigenvalue weighted by molar-refractivity contribution is -0.117. The monoisotopic (exact) mass is 376 g/mol. The fourth-order valence-electron chi connectivity index (χ4n) is 2.69. The Kier molecular flexibility index (Phi) is 5.50. The van der Waals surface area contributed by atoms with E-state index in [0.29, 0.717) is 35.0 Å². The minimum atomic E-state index is -0.385. The van der Waals surface area contributed by atoms with E-state index < -0.39 is 0 Å². The van der Waals surface area contributed by atoms with Crippen LogP contribution in [0.2, 0.25) is 0 Å². The number of cyclic esters (lactones) is 1. The van der Waals surface area contributed by atoms with Crippen molar-refractivity contribution in [1.29, 1.82) is 0 Å². The van der Waals surface area contributed by atoms with Crippen LogP contribution in [-0.4, -0.2) is 41.0 Å². The molecule has 1 aliphatic heterocycles. The normalized spacial score (nSPS) is 20.0. The molecule has 1 fully saturated rings. The Morgan fingerprint density at radius 1 is 1.36 bits per heavy atom. The molecule has 0 bridgehead atoms. The van der Waals surface area contributed by atoms with Crippen LogP contribution in [-0.2, 0) is 16.1 Å². The van der Waals surface area contributed by atoms with Gasteiger partial charge in [-0.3, -0.25) is 4.79 Å². The summed E-state index contributed by atoms with van der Waals surface area (Å²) in [4.78, 5) is 26.4. The van der Waals surface area contributed by atoms with Gasteiger partial charge in [-0.15, -0.1) is 0 Å².